The lowest BCUT2D eigenvalue weighted by molar-refractivity contribution is 0.0769. The SMILES string of the molecule is CCN(CC)C(=O)c1nc(C(=O)Nc2ccccc2Cl)n2ccccc12. The summed E-state index contributed by atoms with van der Waals surface area (Å²) < 4.78 is 1.61. The molecule has 0 saturated carbocycles. The number of nitrogens with one attached hydrogen (secondary N) is 1. The van der Waals surface area contributed by atoms with Gasteiger partial charge < -0.3 is 10.2 Å². The van der Waals surface area contributed by atoms with Crippen molar-refractivity contribution in [3.63, 3.8) is 0 Å². The van der Waals surface area contributed by atoms with Crippen LogP contribution in [-0.2, 0) is 0 Å². The van der Waals surface area contributed by atoms with Crippen LogP contribution in [0.4, 0.5) is 5.69 Å². The van der Waals surface area contributed by atoms with Crippen LogP contribution >= 0.6 is 11.6 Å². The first-order chi connectivity index (χ1) is 12.6. The second-order valence-corrected chi connectivity index (χ2v) is 6.06. The Kier molecular flexibility index (Phi) is 5.23. The van der Waals surface area contributed by atoms with Crippen molar-refractivity contribution in [1.29, 1.82) is 0 Å². The second kappa shape index (κ2) is 7.58. The monoisotopic (exact) mass is 370 g/mol. The van der Waals surface area contributed by atoms with Crippen molar-refractivity contribution in [1.82, 2.24) is 14.3 Å². The van der Waals surface area contributed by atoms with Gasteiger partial charge in [-0.3, -0.25) is 14.0 Å². The molecule has 0 unspecified atom stereocenters. The predicted molar refractivity (Wildman–Crippen MR) is 102 cm³/mol. The summed E-state index contributed by atoms with van der Waals surface area (Å²) in [4.78, 5) is 31.5. The van der Waals surface area contributed by atoms with E-state index in [1.54, 1.807) is 51.9 Å². The number of halogens is 1. The molecule has 1 aromatic carbocycles. The van der Waals surface area contributed by atoms with Gasteiger partial charge in [-0.25, -0.2) is 4.98 Å². The van der Waals surface area contributed by atoms with Crippen molar-refractivity contribution in [2.24, 2.45) is 0 Å². The topological polar surface area (TPSA) is 66.7 Å². The van der Waals surface area contributed by atoms with Crippen LogP contribution in [0.5, 0.6) is 0 Å². The van der Waals surface area contributed by atoms with Crippen molar-refractivity contribution in [3.05, 3.63) is 65.2 Å². The highest BCUT2D eigenvalue weighted by molar-refractivity contribution is 6.33. The quantitative estimate of drug-likeness (QED) is 0.744. The minimum absolute atomic E-state index is 0.135. The van der Waals surface area contributed by atoms with E-state index in [1.165, 1.54) is 0 Å². The number of carbonyl (C=O) groups excluding carboxylic acids is 2. The average molecular weight is 371 g/mol. The van der Waals surface area contributed by atoms with Gasteiger partial charge in [0.1, 0.15) is 0 Å². The molecule has 0 aliphatic carbocycles. The summed E-state index contributed by atoms with van der Waals surface area (Å²) in [5.41, 5.74) is 1.34. The summed E-state index contributed by atoms with van der Waals surface area (Å²) in [6, 6.07) is 12.3. The lowest BCUT2D eigenvalue weighted by atomic mass is 10.3. The number of carbonyl (C=O) groups is 2. The Hall–Kier alpha value is -2.86. The average Bonchev–Trinajstić information content (AvgIpc) is 3.04. The molecule has 2 heterocycles. The van der Waals surface area contributed by atoms with E-state index < -0.39 is 5.91 Å². The number of rotatable bonds is 5. The molecule has 3 aromatic rings. The molecule has 0 fully saturated rings. The fourth-order valence-corrected chi connectivity index (χ4v) is 2.94. The zero-order valence-electron chi connectivity index (χ0n) is 14.6. The van der Waals surface area contributed by atoms with Crippen LogP contribution in [0, 0.1) is 0 Å². The number of anilines is 1. The van der Waals surface area contributed by atoms with Gasteiger partial charge in [-0.15, -0.1) is 0 Å². The van der Waals surface area contributed by atoms with E-state index >= 15 is 0 Å². The van der Waals surface area contributed by atoms with Crippen LogP contribution in [0.1, 0.15) is 35.0 Å². The smallest absolute Gasteiger partial charge is 0.292 e. The first-order valence-electron chi connectivity index (χ1n) is 8.39. The van der Waals surface area contributed by atoms with Crippen molar-refractivity contribution in [2.45, 2.75) is 13.8 Å². The van der Waals surface area contributed by atoms with Gasteiger partial charge in [-0.05, 0) is 38.1 Å². The highest BCUT2D eigenvalue weighted by Crippen LogP contribution is 2.22. The maximum absolute atomic E-state index is 12.8. The van der Waals surface area contributed by atoms with Crippen LogP contribution in [-0.4, -0.2) is 39.2 Å². The molecule has 2 amide bonds. The van der Waals surface area contributed by atoms with Gasteiger partial charge in [0.05, 0.1) is 16.2 Å². The largest absolute Gasteiger partial charge is 0.338 e. The summed E-state index contributed by atoms with van der Waals surface area (Å²) >= 11 is 6.11. The molecule has 3 rings (SSSR count). The Labute approximate surface area is 156 Å². The highest BCUT2D eigenvalue weighted by atomic mass is 35.5. The second-order valence-electron chi connectivity index (χ2n) is 5.65. The molecule has 134 valence electrons. The van der Waals surface area contributed by atoms with Gasteiger partial charge in [-0.2, -0.15) is 0 Å². The number of hydrogen-bond donors (Lipinski definition) is 1. The first-order valence-corrected chi connectivity index (χ1v) is 8.76. The number of benzene rings is 1. The Morgan fingerprint density at radius 3 is 2.50 bits per heavy atom. The summed E-state index contributed by atoms with van der Waals surface area (Å²) in [5.74, 6) is -0.496. The van der Waals surface area contributed by atoms with E-state index in [2.05, 4.69) is 10.3 Å². The van der Waals surface area contributed by atoms with Gasteiger partial charge in [-0.1, -0.05) is 29.8 Å². The fraction of sp³-hybridized carbons (Fsp3) is 0.211. The van der Waals surface area contributed by atoms with E-state index in [4.69, 9.17) is 11.6 Å². The zero-order valence-corrected chi connectivity index (χ0v) is 15.3. The minimum Gasteiger partial charge on any atom is -0.338 e. The van der Waals surface area contributed by atoms with Gasteiger partial charge >= 0.3 is 0 Å². The zero-order chi connectivity index (χ0) is 18.7. The van der Waals surface area contributed by atoms with Gasteiger partial charge in [0.25, 0.3) is 11.8 Å². The number of aromatic nitrogens is 2. The molecule has 1 N–H and O–H groups in total. The van der Waals surface area contributed by atoms with Gasteiger partial charge in [0.2, 0.25) is 5.82 Å². The fourth-order valence-electron chi connectivity index (χ4n) is 2.76. The van der Waals surface area contributed by atoms with E-state index in [-0.39, 0.29) is 17.4 Å². The molecule has 26 heavy (non-hydrogen) atoms. The molecule has 0 aliphatic rings. The van der Waals surface area contributed by atoms with Crippen LogP contribution in [0.15, 0.2) is 48.7 Å². The standard InChI is InChI=1S/C19H19ClN4O2/c1-3-23(4-2)19(26)16-15-11-7-8-12-24(15)17(22-16)18(25)21-14-10-6-5-9-13(14)20/h5-12H,3-4H2,1-2H3,(H,21,25). The third-order valence-corrected chi connectivity index (χ3v) is 4.46. The molecule has 6 nitrogen and oxygen atoms in total. The Morgan fingerprint density at radius 2 is 1.81 bits per heavy atom. The summed E-state index contributed by atoms with van der Waals surface area (Å²) in [6.45, 7) is 4.96. The summed E-state index contributed by atoms with van der Waals surface area (Å²) in [6.07, 6.45) is 1.71. The lowest BCUT2D eigenvalue weighted by Crippen LogP contribution is -2.31. The van der Waals surface area contributed by atoms with Crippen molar-refractivity contribution < 1.29 is 9.59 Å². The minimum atomic E-state index is -0.433. The number of imidazole rings is 1. The molecule has 2 aromatic heterocycles. The van der Waals surface area contributed by atoms with Crippen LogP contribution < -0.4 is 5.32 Å². The van der Waals surface area contributed by atoms with E-state index in [9.17, 15) is 9.59 Å². The van der Waals surface area contributed by atoms with E-state index in [0.717, 1.165) is 0 Å². The maximum atomic E-state index is 12.8. The molecular formula is C19H19ClN4O2. The Balaban J connectivity index is 2.03. The lowest BCUT2D eigenvalue weighted by Gasteiger charge is -2.17. The molecule has 0 radical (unpaired) electrons. The number of fused-ring (bicyclic) bond motifs is 1. The highest BCUT2D eigenvalue weighted by Gasteiger charge is 2.24. The molecule has 0 aliphatic heterocycles. The number of para-hydroxylation sites is 1. The number of nitrogens with zero attached hydrogens (tertiary/aromatic N) is 3. The number of amides is 2. The van der Waals surface area contributed by atoms with Crippen LogP contribution in [0.25, 0.3) is 5.52 Å². The first kappa shape index (κ1) is 17.9. The predicted octanol–water partition coefficient (Wildman–Crippen LogP) is 3.72. The molecule has 0 saturated heterocycles. The summed E-state index contributed by atoms with van der Waals surface area (Å²) in [5, 5.41) is 3.18. The Bertz CT molecular complexity index is 963. The van der Waals surface area contributed by atoms with Crippen molar-refractivity contribution in [3.8, 4) is 0 Å². The molecule has 0 atom stereocenters. The molecular weight excluding hydrogens is 352 g/mol. The maximum Gasteiger partial charge on any atom is 0.292 e. The van der Waals surface area contributed by atoms with Gasteiger partial charge in [0, 0.05) is 19.3 Å². The van der Waals surface area contributed by atoms with E-state index in [1.807, 2.05) is 19.9 Å². The normalized spacial score (nSPS) is 10.7. The Morgan fingerprint density at radius 1 is 1.12 bits per heavy atom. The molecule has 0 spiro atoms. The van der Waals surface area contributed by atoms with Gasteiger partial charge in [0.15, 0.2) is 5.69 Å². The van der Waals surface area contributed by atoms with Crippen LogP contribution in [0.3, 0.4) is 0 Å². The molecule has 7 heteroatoms. The number of pyridine rings is 1. The molecule has 0 bridgehead atoms. The van der Waals surface area contributed by atoms with Crippen molar-refractivity contribution in [2.75, 3.05) is 18.4 Å². The van der Waals surface area contributed by atoms with E-state index in [0.29, 0.717) is 29.3 Å². The third kappa shape index (κ3) is 3.28. The third-order valence-electron chi connectivity index (χ3n) is 4.13. The van der Waals surface area contributed by atoms with Crippen molar-refractivity contribution >= 4 is 34.6 Å². The van der Waals surface area contributed by atoms with Crippen LogP contribution in [0.2, 0.25) is 5.02 Å². The number of hydrogen-bond acceptors (Lipinski definition) is 3. The summed E-state index contributed by atoms with van der Waals surface area (Å²) in [7, 11) is 0.